The fourth-order valence-corrected chi connectivity index (χ4v) is 3.16. The second-order valence-corrected chi connectivity index (χ2v) is 6.63. The molecule has 0 aliphatic carbocycles. The lowest BCUT2D eigenvalue weighted by Gasteiger charge is -2.28. The van der Waals surface area contributed by atoms with Gasteiger partial charge in [-0.2, -0.15) is 0 Å². The average Bonchev–Trinajstić information content (AvgIpc) is 2.62. The fraction of sp³-hybridized carbons (Fsp3) is 0.579. The van der Waals surface area contributed by atoms with Crippen LogP contribution in [-0.2, 0) is 16.0 Å². The molecule has 1 heterocycles. The third kappa shape index (κ3) is 6.38. The van der Waals surface area contributed by atoms with E-state index in [1.807, 2.05) is 24.3 Å². The highest BCUT2D eigenvalue weighted by atomic mass is 16.4. The summed E-state index contributed by atoms with van der Waals surface area (Å²) in [5.41, 5.74) is 7.50. The number of nitrogens with one attached hydrogen (secondary N) is 1. The molecular formula is C19H29N3O3. The molecule has 0 aromatic heterocycles. The minimum Gasteiger partial charge on any atom is -0.480 e. The van der Waals surface area contributed by atoms with Gasteiger partial charge in [-0.3, -0.25) is 4.79 Å². The van der Waals surface area contributed by atoms with Gasteiger partial charge in [-0.15, -0.1) is 0 Å². The Bertz CT molecular complexity index is 554. The van der Waals surface area contributed by atoms with Gasteiger partial charge in [0.2, 0.25) is 5.91 Å². The van der Waals surface area contributed by atoms with E-state index in [4.69, 9.17) is 5.73 Å². The third-order valence-corrected chi connectivity index (χ3v) is 4.60. The quantitative estimate of drug-likeness (QED) is 0.593. The second kappa shape index (κ2) is 10.0. The van der Waals surface area contributed by atoms with Gasteiger partial charge in [0, 0.05) is 18.8 Å². The van der Waals surface area contributed by atoms with Gasteiger partial charge in [0.05, 0.1) is 6.42 Å². The number of hydrogen-bond donors (Lipinski definition) is 3. The minimum absolute atomic E-state index is 0.195. The number of rotatable bonds is 9. The van der Waals surface area contributed by atoms with Gasteiger partial charge >= 0.3 is 5.97 Å². The molecule has 1 aromatic carbocycles. The molecule has 6 nitrogen and oxygen atoms in total. The summed E-state index contributed by atoms with van der Waals surface area (Å²) >= 11 is 0. The van der Waals surface area contributed by atoms with Crippen molar-refractivity contribution in [3.63, 3.8) is 0 Å². The molecule has 25 heavy (non-hydrogen) atoms. The lowest BCUT2D eigenvalue weighted by Crippen LogP contribution is -2.41. The van der Waals surface area contributed by atoms with E-state index in [9.17, 15) is 14.7 Å². The minimum atomic E-state index is -0.995. The molecule has 0 spiro atoms. The molecular weight excluding hydrogens is 318 g/mol. The lowest BCUT2D eigenvalue weighted by atomic mass is 10.1. The van der Waals surface area contributed by atoms with Gasteiger partial charge in [-0.05, 0) is 62.8 Å². The maximum atomic E-state index is 12.1. The van der Waals surface area contributed by atoms with E-state index in [-0.39, 0.29) is 12.3 Å². The number of piperidine rings is 1. The van der Waals surface area contributed by atoms with Gasteiger partial charge in [0.15, 0.2) is 0 Å². The van der Waals surface area contributed by atoms with Crippen LogP contribution in [0.4, 0.5) is 5.69 Å². The Kier molecular flexibility index (Phi) is 7.73. The zero-order chi connectivity index (χ0) is 18.1. The van der Waals surface area contributed by atoms with Crippen LogP contribution in [0.15, 0.2) is 24.3 Å². The van der Waals surface area contributed by atoms with Crippen molar-refractivity contribution < 1.29 is 14.7 Å². The largest absolute Gasteiger partial charge is 0.480 e. The molecule has 2 rings (SSSR count). The first-order valence-electron chi connectivity index (χ1n) is 9.16. The van der Waals surface area contributed by atoms with E-state index in [2.05, 4.69) is 10.2 Å². The topological polar surface area (TPSA) is 95.7 Å². The Balaban J connectivity index is 1.85. The Labute approximate surface area is 149 Å². The Morgan fingerprint density at radius 1 is 1.12 bits per heavy atom. The maximum Gasteiger partial charge on any atom is 0.326 e. The van der Waals surface area contributed by atoms with Crippen molar-refractivity contribution in [2.75, 3.05) is 24.5 Å². The van der Waals surface area contributed by atoms with Crippen LogP contribution in [0, 0.1) is 0 Å². The summed E-state index contributed by atoms with van der Waals surface area (Å²) in [5, 5.41) is 11.8. The number of aliphatic carboxylic acids is 1. The molecule has 1 atom stereocenters. The Morgan fingerprint density at radius 3 is 2.40 bits per heavy atom. The number of benzene rings is 1. The van der Waals surface area contributed by atoms with Crippen molar-refractivity contribution in [3.05, 3.63) is 29.8 Å². The molecule has 0 radical (unpaired) electrons. The number of hydrogen-bond acceptors (Lipinski definition) is 4. The number of carboxylic acids is 1. The van der Waals surface area contributed by atoms with E-state index >= 15 is 0 Å². The van der Waals surface area contributed by atoms with Crippen molar-refractivity contribution in [3.8, 4) is 0 Å². The number of carboxylic acid groups (broad SMARTS) is 1. The number of nitrogens with zero attached hydrogens (tertiary/aromatic N) is 1. The van der Waals surface area contributed by atoms with Crippen LogP contribution >= 0.6 is 0 Å². The lowest BCUT2D eigenvalue weighted by molar-refractivity contribution is -0.142. The number of carbonyl (C=O) groups excluding carboxylic acids is 1. The normalized spacial score (nSPS) is 15.6. The molecule has 1 amide bonds. The number of anilines is 1. The first-order chi connectivity index (χ1) is 12.1. The van der Waals surface area contributed by atoms with Crippen molar-refractivity contribution in [2.45, 2.75) is 51.0 Å². The number of nitrogens with two attached hydrogens (primary N) is 1. The molecule has 1 aliphatic rings. The molecule has 4 N–H and O–H groups in total. The van der Waals surface area contributed by atoms with Gasteiger partial charge in [0.1, 0.15) is 6.04 Å². The van der Waals surface area contributed by atoms with Crippen LogP contribution in [0.3, 0.4) is 0 Å². The average molecular weight is 347 g/mol. The standard InChI is InChI=1S/C19H29N3O3/c20-11-3-2-6-17(19(24)25)21-18(23)14-15-7-9-16(10-8-15)22-12-4-1-5-13-22/h7-10,17H,1-6,11-14,20H2,(H,21,23)(H,24,25). The summed E-state index contributed by atoms with van der Waals surface area (Å²) in [7, 11) is 0. The van der Waals surface area contributed by atoms with Crippen LogP contribution in [0.1, 0.15) is 44.1 Å². The zero-order valence-corrected chi connectivity index (χ0v) is 14.7. The molecule has 0 bridgehead atoms. The van der Waals surface area contributed by atoms with Crippen LogP contribution in [0.2, 0.25) is 0 Å². The molecule has 1 fully saturated rings. The molecule has 138 valence electrons. The molecule has 1 unspecified atom stereocenters. The number of unbranched alkanes of at least 4 members (excludes halogenated alkanes) is 1. The van der Waals surface area contributed by atoms with Crippen molar-refractivity contribution in [1.29, 1.82) is 0 Å². The van der Waals surface area contributed by atoms with Gasteiger partial charge in [-0.25, -0.2) is 4.79 Å². The summed E-state index contributed by atoms with van der Waals surface area (Å²) in [6, 6.07) is 7.15. The number of carbonyl (C=O) groups is 2. The smallest absolute Gasteiger partial charge is 0.326 e. The van der Waals surface area contributed by atoms with E-state index in [1.54, 1.807) is 0 Å². The maximum absolute atomic E-state index is 12.1. The summed E-state index contributed by atoms with van der Waals surface area (Å²) in [6.45, 7) is 2.70. The predicted molar refractivity (Wildman–Crippen MR) is 98.7 cm³/mol. The SMILES string of the molecule is NCCCCC(NC(=O)Cc1ccc(N2CCCCC2)cc1)C(=O)O. The van der Waals surface area contributed by atoms with E-state index in [0.717, 1.165) is 25.1 Å². The highest BCUT2D eigenvalue weighted by Gasteiger charge is 2.19. The van der Waals surface area contributed by atoms with Crippen LogP contribution in [-0.4, -0.2) is 42.7 Å². The van der Waals surface area contributed by atoms with Crippen LogP contribution in [0.5, 0.6) is 0 Å². The van der Waals surface area contributed by atoms with Crippen molar-refractivity contribution in [2.24, 2.45) is 5.73 Å². The van der Waals surface area contributed by atoms with Gasteiger partial charge < -0.3 is 21.1 Å². The predicted octanol–water partition coefficient (Wildman–Crippen LogP) is 1.92. The molecule has 1 aromatic rings. The number of amides is 1. The van der Waals surface area contributed by atoms with E-state index in [1.165, 1.54) is 24.9 Å². The van der Waals surface area contributed by atoms with Crippen molar-refractivity contribution in [1.82, 2.24) is 5.32 Å². The first kappa shape index (κ1) is 19.2. The van der Waals surface area contributed by atoms with Gasteiger partial charge in [0.25, 0.3) is 0 Å². The molecule has 1 saturated heterocycles. The zero-order valence-electron chi connectivity index (χ0n) is 14.7. The highest BCUT2D eigenvalue weighted by Crippen LogP contribution is 2.20. The monoisotopic (exact) mass is 347 g/mol. The Morgan fingerprint density at radius 2 is 1.80 bits per heavy atom. The molecule has 0 saturated carbocycles. The highest BCUT2D eigenvalue weighted by molar-refractivity contribution is 5.84. The summed E-state index contributed by atoms with van der Waals surface area (Å²) in [5.74, 6) is -1.25. The summed E-state index contributed by atoms with van der Waals surface area (Å²) in [6.07, 6.45) is 5.81. The van der Waals surface area contributed by atoms with Crippen LogP contribution in [0.25, 0.3) is 0 Å². The molecule has 6 heteroatoms. The summed E-state index contributed by atoms with van der Waals surface area (Å²) in [4.78, 5) is 25.8. The van der Waals surface area contributed by atoms with Gasteiger partial charge in [-0.1, -0.05) is 12.1 Å². The fourth-order valence-electron chi connectivity index (χ4n) is 3.16. The van der Waals surface area contributed by atoms with Crippen molar-refractivity contribution >= 4 is 17.6 Å². The van der Waals surface area contributed by atoms with Crippen LogP contribution < -0.4 is 16.0 Å². The second-order valence-electron chi connectivity index (χ2n) is 6.63. The van der Waals surface area contributed by atoms with E-state index < -0.39 is 12.0 Å². The first-order valence-corrected chi connectivity index (χ1v) is 9.16. The third-order valence-electron chi connectivity index (χ3n) is 4.60. The summed E-state index contributed by atoms with van der Waals surface area (Å²) < 4.78 is 0. The van der Waals surface area contributed by atoms with E-state index in [0.29, 0.717) is 19.4 Å². The Hall–Kier alpha value is -2.08. The molecule has 1 aliphatic heterocycles.